The first-order valence-corrected chi connectivity index (χ1v) is 11.1. The SMILES string of the molecule is CCOc1ccccc1O[C@@H]1CCCN(c2cncc(NC(=O)Cc3ccc(O)cc3)n2)C1. The normalized spacial score (nSPS) is 15.7. The van der Waals surface area contributed by atoms with Gasteiger partial charge >= 0.3 is 0 Å². The Bertz CT molecular complexity index is 1070. The fourth-order valence-corrected chi connectivity index (χ4v) is 3.80. The number of nitrogens with one attached hydrogen (secondary N) is 1. The number of carbonyl (C=O) groups excluding carboxylic acids is 1. The lowest BCUT2D eigenvalue weighted by atomic mass is 10.1. The zero-order valence-corrected chi connectivity index (χ0v) is 18.6. The summed E-state index contributed by atoms with van der Waals surface area (Å²) in [7, 11) is 0. The molecule has 33 heavy (non-hydrogen) atoms. The summed E-state index contributed by atoms with van der Waals surface area (Å²) in [6.45, 7) is 4.04. The van der Waals surface area contributed by atoms with E-state index in [0.717, 1.165) is 36.4 Å². The Morgan fingerprint density at radius 1 is 1.15 bits per heavy atom. The number of nitrogens with zero attached hydrogens (tertiary/aromatic N) is 3. The van der Waals surface area contributed by atoms with Crippen LogP contribution in [-0.2, 0) is 11.2 Å². The average Bonchev–Trinajstić information content (AvgIpc) is 2.82. The number of benzene rings is 2. The molecule has 8 heteroatoms. The summed E-state index contributed by atoms with van der Waals surface area (Å²) in [5.74, 6) is 2.56. The number of phenolic OH excluding ortho intramolecular Hbond substituents is 1. The van der Waals surface area contributed by atoms with Gasteiger partial charge in [0, 0.05) is 6.54 Å². The lowest BCUT2D eigenvalue weighted by molar-refractivity contribution is -0.115. The molecule has 0 unspecified atom stereocenters. The zero-order chi connectivity index (χ0) is 23.0. The molecule has 8 nitrogen and oxygen atoms in total. The maximum absolute atomic E-state index is 12.4. The predicted octanol–water partition coefficient (Wildman–Crippen LogP) is 3.81. The number of aromatic hydroxyl groups is 1. The van der Waals surface area contributed by atoms with E-state index in [-0.39, 0.29) is 24.2 Å². The monoisotopic (exact) mass is 448 g/mol. The van der Waals surface area contributed by atoms with Crippen LogP contribution in [0.5, 0.6) is 17.2 Å². The van der Waals surface area contributed by atoms with Gasteiger partial charge in [-0.2, -0.15) is 0 Å². The molecule has 3 aromatic rings. The minimum Gasteiger partial charge on any atom is -0.508 e. The van der Waals surface area contributed by atoms with Crippen molar-refractivity contribution in [2.24, 2.45) is 0 Å². The third-order valence-corrected chi connectivity index (χ3v) is 5.34. The molecule has 1 aliphatic heterocycles. The third-order valence-electron chi connectivity index (χ3n) is 5.34. The molecule has 172 valence electrons. The second-order valence-corrected chi connectivity index (χ2v) is 7.86. The Morgan fingerprint density at radius 3 is 2.73 bits per heavy atom. The summed E-state index contributed by atoms with van der Waals surface area (Å²) in [5.41, 5.74) is 0.803. The standard InChI is InChI=1S/C25H28N4O4/c1-2-32-21-7-3-4-8-22(21)33-20-6-5-13-29(17-20)24-16-26-15-23(27-24)28-25(31)14-18-9-11-19(30)12-10-18/h3-4,7-12,15-16,20,30H,2,5-6,13-14,17H2,1H3,(H,27,28,31)/t20-/m1/s1. The van der Waals surface area contributed by atoms with Gasteiger partial charge in [0.2, 0.25) is 5.91 Å². The van der Waals surface area contributed by atoms with E-state index < -0.39 is 0 Å². The molecule has 0 spiro atoms. The number of anilines is 2. The molecule has 1 fully saturated rings. The van der Waals surface area contributed by atoms with Gasteiger partial charge in [0.25, 0.3) is 0 Å². The Hall–Kier alpha value is -3.81. The Kier molecular flexibility index (Phi) is 7.24. The Balaban J connectivity index is 1.38. The molecule has 4 rings (SSSR count). The number of piperidine rings is 1. The van der Waals surface area contributed by atoms with E-state index in [9.17, 15) is 9.90 Å². The summed E-state index contributed by atoms with van der Waals surface area (Å²) in [6, 6.07) is 14.3. The van der Waals surface area contributed by atoms with Crippen molar-refractivity contribution in [1.82, 2.24) is 9.97 Å². The van der Waals surface area contributed by atoms with Gasteiger partial charge < -0.3 is 24.8 Å². The van der Waals surface area contributed by atoms with Crippen molar-refractivity contribution in [2.45, 2.75) is 32.3 Å². The predicted molar refractivity (Wildman–Crippen MR) is 126 cm³/mol. The zero-order valence-electron chi connectivity index (χ0n) is 18.6. The van der Waals surface area contributed by atoms with Crippen molar-refractivity contribution in [3.8, 4) is 17.2 Å². The molecule has 2 aromatic carbocycles. The van der Waals surface area contributed by atoms with E-state index in [1.807, 2.05) is 31.2 Å². The van der Waals surface area contributed by atoms with Crippen LogP contribution in [-0.4, -0.2) is 46.8 Å². The largest absolute Gasteiger partial charge is 0.508 e. The summed E-state index contributed by atoms with van der Waals surface area (Å²) >= 11 is 0. The first kappa shape index (κ1) is 22.4. The Morgan fingerprint density at radius 2 is 1.94 bits per heavy atom. The molecule has 0 saturated carbocycles. The van der Waals surface area contributed by atoms with E-state index in [1.165, 1.54) is 6.20 Å². The molecule has 1 aromatic heterocycles. The maximum Gasteiger partial charge on any atom is 0.229 e. The van der Waals surface area contributed by atoms with Crippen molar-refractivity contribution in [3.63, 3.8) is 0 Å². The van der Waals surface area contributed by atoms with Gasteiger partial charge in [-0.05, 0) is 49.6 Å². The van der Waals surface area contributed by atoms with Crippen LogP contribution in [0.3, 0.4) is 0 Å². The van der Waals surface area contributed by atoms with Crippen molar-refractivity contribution in [3.05, 3.63) is 66.5 Å². The van der Waals surface area contributed by atoms with E-state index in [1.54, 1.807) is 30.5 Å². The van der Waals surface area contributed by atoms with Crippen molar-refractivity contribution in [1.29, 1.82) is 0 Å². The van der Waals surface area contributed by atoms with Crippen molar-refractivity contribution in [2.75, 3.05) is 29.9 Å². The summed E-state index contributed by atoms with van der Waals surface area (Å²) in [6.07, 6.45) is 5.31. The number of rotatable bonds is 8. The summed E-state index contributed by atoms with van der Waals surface area (Å²) < 4.78 is 11.9. The molecule has 2 N–H and O–H groups in total. The second-order valence-electron chi connectivity index (χ2n) is 7.86. The average molecular weight is 449 g/mol. The van der Waals surface area contributed by atoms with Crippen molar-refractivity contribution < 1.29 is 19.4 Å². The van der Waals surface area contributed by atoms with Crippen LogP contribution in [0.25, 0.3) is 0 Å². The van der Waals surface area contributed by atoms with Gasteiger partial charge in [-0.1, -0.05) is 24.3 Å². The summed E-state index contributed by atoms with van der Waals surface area (Å²) in [5, 5.41) is 12.2. The maximum atomic E-state index is 12.4. The van der Waals surface area contributed by atoms with Gasteiger partial charge in [0.05, 0.1) is 32.0 Å². The number of para-hydroxylation sites is 2. The number of ether oxygens (including phenoxy) is 2. The van der Waals surface area contributed by atoms with Gasteiger partial charge in [-0.25, -0.2) is 4.98 Å². The molecule has 0 aliphatic carbocycles. The molecule has 1 saturated heterocycles. The van der Waals surface area contributed by atoms with Crippen LogP contribution >= 0.6 is 0 Å². The highest BCUT2D eigenvalue weighted by molar-refractivity contribution is 5.91. The fraction of sp³-hybridized carbons (Fsp3) is 0.320. The van der Waals surface area contributed by atoms with Gasteiger partial charge in [-0.15, -0.1) is 0 Å². The highest BCUT2D eigenvalue weighted by Gasteiger charge is 2.24. The second kappa shape index (κ2) is 10.7. The fourth-order valence-electron chi connectivity index (χ4n) is 3.80. The molecular weight excluding hydrogens is 420 g/mol. The minimum absolute atomic E-state index is 0.00472. The molecule has 0 bridgehead atoms. The van der Waals surface area contributed by atoms with E-state index >= 15 is 0 Å². The lowest BCUT2D eigenvalue weighted by Crippen LogP contribution is -2.41. The van der Waals surface area contributed by atoms with Crippen LogP contribution in [0, 0.1) is 0 Å². The molecular formula is C25H28N4O4. The number of aromatic nitrogens is 2. The number of hydrogen-bond donors (Lipinski definition) is 2. The van der Waals surface area contributed by atoms with Crippen molar-refractivity contribution >= 4 is 17.5 Å². The molecule has 0 radical (unpaired) electrons. The number of hydrogen-bond acceptors (Lipinski definition) is 7. The van der Waals surface area contributed by atoms with E-state index in [2.05, 4.69) is 20.2 Å². The number of phenols is 1. The molecule has 1 atom stereocenters. The third kappa shape index (κ3) is 6.12. The van der Waals surface area contributed by atoms with Crippen LogP contribution < -0.4 is 19.7 Å². The number of amides is 1. The van der Waals surface area contributed by atoms with Crippen LogP contribution in [0.4, 0.5) is 11.6 Å². The van der Waals surface area contributed by atoms with Crippen LogP contribution in [0.15, 0.2) is 60.9 Å². The van der Waals surface area contributed by atoms with Gasteiger partial charge in [-0.3, -0.25) is 9.78 Å². The molecule has 1 aliphatic rings. The molecule has 1 amide bonds. The number of carbonyl (C=O) groups is 1. The van der Waals surface area contributed by atoms with Crippen LogP contribution in [0.2, 0.25) is 0 Å². The topological polar surface area (TPSA) is 96.8 Å². The highest BCUT2D eigenvalue weighted by atomic mass is 16.5. The molecule has 2 heterocycles. The quantitative estimate of drug-likeness (QED) is 0.541. The van der Waals surface area contributed by atoms with Gasteiger partial charge in [0.15, 0.2) is 17.3 Å². The summed E-state index contributed by atoms with van der Waals surface area (Å²) in [4.78, 5) is 23.4. The Labute approximate surface area is 193 Å². The highest BCUT2D eigenvalue weighted by Crippen LogP contribution is 2.30. The lowest BCUT2D eigenvalue weighted by Gasteiger charge is -2.33. The first-order chi connectivity index (χ1) is 16.1. The smallest absolute Gasteiger partial charge is 0.229 e. The minimum atomic E-state index is -0.195. The first-order valence-electron chi connectivity index (χ1n) is 11.1. The van der Waals surface area contributed by atoms with Gasteiger partial charge in [0.1, 0.15) is 17.7 Å². The van der Waals surface area contributed by atoms with E-state index in [0.29, 0.717) is 24.8 Å². The van der Waals surface area contributed by atoms with E-state index in [4.69, 9.17) is 9.47 Å². The van der Waals surface area contributed by atoms with Crippen LogP contribution in [0.1, 0.15) is 25.3 Å².